The van der Waals surface area contributed by atoms with Crippen molar-refractivity contribution in [1.82, 2.24) is 9.55 Å². The molecule has 0 aliphatic carbocycles. The van der Waals surface area contributed by atoms with Crippen LogP contribution in [0.3, 0.4) is 0 Å². The summed E-state index contributed by atoms with van der Waals surface area (Å²) >= 11 is 0. The first kappa shape index (κ1) is 22.4. The minimum atomic E-state index is 0.198. The molecule has 0 fully saturated rings. The smallest absolute Gasteiger partial charge is 0.122 e. The summed E-state index contributed by atoms with van der Waals surface area (Å²) in [7, 11) is 0. The van der Waals surface area contributed by atoms with Crippen molar-refractivity contribution in [3.63, 3.8) is 0 Å². The molecule has 0 aliphatic heterocycles. The second-order valence-corrected chi connectivity index (χ2v) is 8.68. The molecule has 0 saturated heterocycles. The Labute approximate surface area is 180 Å². The summed E-state index contributed by atoms with van der Waals surface area (Å²) in [6.07, 6.45) is 3.58. The molecule has 162 valence electrons. The second kappa shape index (κ2) is 10.1. The van der Waals surface area contributed by atoms with Crippen molar-refractivity contribution in [3.05, 3.63) is 58.4 Å². The van der Waals surface area contributed by atoms with E-state index in [1.54, 1.807) is 0 Å². The maximum absolute atomic E-state index is 9.26. The average molecular weight is 409 g/mol. The van der Waals surface area contributed by atoms with E-state index in [2.05, 4.69) is 69.5 Å². The van der Waals surface area contributed by atoms with Gasteiger partial charge in [0.2, 0.25) is 0 Å². The van der Waals surface area contributed by atoms with E-state index in [1.807, 2.05) is 0 Å². The quantitative estimate of drug-likeness (QED) is 0.427. The van der Waals surface area contributed by atoms with Crippen molar-refractivity contribution < 1.29 is 9.84 Å². The van der Waals surface area contributed by atoms with Crippen LogP contribution in [0.5, 0.6) is 5.75 Å². The number of fused-ring (bicyclic) bond motifs is 1. The molecule has 1 heterocycles. The van der Waals surface area contributed by atoms with E-state index in [1.165, 1.54) is 27.8 Å². The van der Waals surface area contributed by atoms with Crippen LogP contribution in [-0.2, 0) is 13.0 Å². The Morgan fingerprint density at radius 1 is 1.00 bits per heavy atom. The highest BCUT2D eigenvalue weighted by Crippen LogP contribution is 2.28. The van der Waals surface area contributed by atoms with Gasteiger partial charge in [0.1, 0.15) is 11.6 Å². The number of ether oxygens (including phenoxy) is 1. The lowest BCUT2D eigenvalue weighted by molar-refractivity contribution is 0.286. The van der Waals surface area contributed by atoms with Crippen molar-refractivity contribution in [2.45, 2.75) is 72.8 Å². The largest absolute Gasteiger partial charge is 0.493 e. The van der Waals surface area contributed by atoms with Gasteiger partial charge in [0.15, 0.2) is 0 Å². The third-order valence-corrected chi connectivity index (χ3v) is 5.83. The van der Waals surface area contributed by atoms with E-state index in [0.717, 1.165) is 55.9 Å². The molecule has 4 heteroatoms. The number of rotatable bonds is 10. The molecule has 0 atom stereocenters. The van der Waals surface area contributed by atoms with Gasteiger partial charge in [-0.15, -0.1) is 0 Å². The number of nitrogens with zero attached hydrogens (tertiary/aromatic N) is 2. The first-order valence-corrected chi connectivity index (χ1v) is 11.2. The predicted octanol–water partition coefficient (Wildman–Crippen LogP) is 5.87. The molecule has 0 saturated carbocycles. The molecule has 0 spiro atoms. The zero-order chi connectivity index (χ0) is 21.7. The number of unbranched alkanes of at least 4 members (excludes halogenated alkanes) is 1. The molecule has 0 radical (unpaired) electrons. The Kier molecular flexibility index (Phi) is 7.54. The summed E-state index contributed by atoms with van der Waals surface area (Å²) < 4.78 is 8.50. The molecule has 1 N–H and O–H groups in total. The van der Waals surface area contributed by atoms with Crippen molar-refractivity contribution in [1.29, 1.82) is 0 Å². The fraction of sp³-hybridized carbons (Fsp3) is 0.500. The minimum Gasteiger partial charge on any atom is -0.493 e. The van der Waals surface area contributed by atoms with E-state index in [0.29, 0.717) is 5.92 Å². The Bertz CT molecular complexity index is 988. The van der Waals surface area contributed by atoms with Gasteiger partial charge in [0.25, 0.3) is 0 Å². The first-order chi connectivity index (χ1) is 14.4. The van der Waals surface area contributed by atoms with Gasteiger partial charge in [0, 0.05) is 19.6 Å². The summed E-state index contributed by atoms with van der Waals surface area (Å²) in [5, 5.41) is 9.26. The maximum atomic E-state index is 9.26. The summed E-state index contributed by atoms with van der Waals surface area (Å²) in [5.41, 5.74) is 7.34. The van der Waals surface area contributed by atoms with Gasteiger partial charge >= 0.3 is 0 Å². The molecule has 1 aromatic heterocycles. The number of aliphatic hydroxyl groups excluding tert-OH is 1. The molecule has 0 bridgehead atoms. The molecule has 4 nitrogen and oxygen atoms in total. The number of benzene rings is 2. The van der Waals surface area contributed by atoms with Gasteiger partial charge in [0.05, 0.1) is 17.6 Å². The van der Waals surface area contributed by atoms with E-state index >= 15 is 0 Å². The Morgan fingerprint density at radius 2 is 1.77 bits per heavy atom. The minimum absolute atomic E-state index is 0.198. The maximum Gasteiger partial charge on any atom is 0.122 e. The van der Waals surface area contributed by atoms with Gasteiger partial charge in [-0.3, -0.25) is 0 Å². The van der Waals surface area contributed by atoms with E-state index < -0.39 is 0 Å². The van der Waals surface area contributed by atoms with E-state index in [9.17, 15) is 5.11 Å². The third-order valence-electron chi connectivity index (χ3n) is 5.83. The van der Waals surface area contributed by atoms with Crippen LogP contribution in [0.4, 0.5) is 0 Å². The topological polar surface area (TPSA) is 47.3 Å². The molecule has 3 aromatic rings. The van der Waals surface area contributed by atoms with Crippen LogP contribution in [0.15, 0.2) is 30.3 Å². The van der Waals surface area contributed by atoms with Crippen LogP contribution in [0, 0.1) is 20.8 Å². The van der Waals surface area contributed by atoms with Gasteiger partial charge < -0.3 is 14.4 Å². The molecule has 2 aromatic carbocycles. The fourth-order valence-corrected chi connectivity index (χ4v) is 3.91. The summed E-state index contributed by atoms with van der Waals surface area (Å²) in [5.74, 6) is 2.55. The fourth-order valence-electron chi connectivity index (χ4n) is 3.91. The van der Waals surface area contributed by atoms with Crippen molar-refractivity contribution in [3.8, 4) is 5.75 Å². The zero-order valence-electron chi connectivity index (χ0n) is 19.2. The Balaban J connectivity index is 1.66. The molecule has 0 amide bonds. The average Bonchev–Trinajstić information content (AvgIpc) is 3.02. The van der Waals surface area contributed by atoms with Crippen molar-refractivity contribution in [2.75, 3.05) is 13.2 Å². The lowest BCUT2D eigenvalue weighted by atomic mass is 10.0. The summed E-state index contributed by atoms with van der Waals surface area (Å²) in [6.45, 7) is 12.7. The molecule has 30 heavy (non-hydrogen) atoms. The van der Waals surface area contributed by atoms with Gasteiger partial charge in [-0.05, 0) is 86.4 Å². The van der Waals surface area contributed by atoms with Crippen LogP contribution in [-0.4, -0.2) is 27.9 Å². The molecular weight excluding hydrogens is 372 g/mol. The first-order valence-electron chi connectivity index (χ1n) is 11.2. The number of imidazole rings is 1. The third kappa shape index (κ3) is 5.23. The molecule has 0 aliphatic rings. The van der Waals surface area contributed by atoms with Crippen LogP contribution >= 0.6 is 0 Å². The molecule has 0 unspecified atom stereocenters. The summed E-state index contributed by atoms with van der Waals surface area (Å²) in [6, 6.07) is 10.9. The molecular formula is C26H36N2O2. The predicted molar refractivity (Wildman–Crippen MR) is 125 cm³/mol. The Hall–Kier alpha value is -2.33. The standard InChI is InChI=1S/C26H36N2O2/c1-18(2)22-11-10-19(3)15-25(22)30-14-7-6-12-28-24-17-21(5)20(4)16-23(24)27-26(28)9-8-13-29/h10-11,15-18,29H,6-9,12-14H2,1-5H3. The highest BCUT2D eigenvalue weighted by Gasteiger charge is 2.12. The highest BCUT2D eigenvalue weighted by molar-refractivity contribution is 5.78. The van der Waals surface area contributed by atoms with E-state index in [-0.39, 0.29) is 6.61 Å². The van der Waals surface area contributed by atoms with Gasteiger partial charge in [-0.25, -0.2) is 4.98 Å². The number of aromatic nitrogens is 2. The van der Waals surface area contributed by atoms with Crippen LogP contribution in [0.1, 0.15) is 67.1 Å². The van der Waals surface area contributed by atoms with Crippen LogP contribution < -0.4 is 4.74 Å². The second-order valence-electron chi connectivity index (χ2n) is 8.68. The SMILES string of the molecule is Cc1ccc(C(C)C)c(OCCCCn2c(CCCO)nc3cc(C)c(C)cc32)c1. The highest BCUT2D eigenvalue weighted by atomic mass is 16.5. The van der Waals surface area contributed by atoms with Crippen molar-refractivity contribution in [2.24, 2.45) is 0 Å². The summed E-state index contributed by atoms with van der Waals surface area (Å²) in [4.78, 5) is 4.86. The van der Waals surface area contributed by atoms with Crippen LogP contribution in [0.2, 0.25) is 0 Å². The number of aryl methyl sites for hydroxylation is 5. The normalized spacial score (nSPS) is 11.6. The number of hydrogen-bond donors (Lipinski definition) is 1. The Morgan fingerprint density at radius 3 is 2.50 bits per heavy atom. The van der Waals surface area contributed by atoms with Gasteiger partial charge in [-0.2, -0.15) is 0 Å². The monoisotopic (exact) mass is 408 g/mol. The number of aliphatic hydroxyl groups is 1. The van der Waals surface area contributed by atoms with E-state index in [4.69, 9.17) is 9.72 Å². The number of hydrogen-bond acceptors (Lipinski definition) is 3. The lowest BCUT2D eigenvalue weighted by Gasteiger charge is -2.15. The molecule has 3 rings (SSSR count). The van der Waals surface area contributed by atoms with Gasteiger partial charge in [-0.1, -0.05) is 26.0 Å². The lowest BCUT2D eigenvalue weighted by Crippen LogP contribution is -2.07. The van der Waals surface area contributed by atoms with Crippen LogP contribution in [0.25, 0.3) is 11.0 Å². The van der Waals surface area contributed by atoms with Crippen molar-refractivity contribution >= 4 is 11.0 Å². The zero-order valence-corrected chi connectivity index (χ0v) is 19.2.